The molecule has 0 spiro atoms. The van der Waals surface area contributed by atoms with Crippen LogP contribution in [0.4, 0.5) is 8.78 Å². The smallest absolute Gasteiger partial charge is 0.251 e. The maximum absolute atomic E-state index is 12.6. The molecule has 120 valence electrons. The lowest BCUT2D eigenvalue weighted by atomic mass is 9.84. The molecule has 1 aliphatic carbocycles. The molecular weight excluding hydrogens is 262 g/mol. The summed E-state index contributed by atoms with van der Waals surface area (Å²) in [5.41, 5.74) is 0.122. The fourth-order valence-electron chi connectivity index (χ4n) is 3.01. The van der Waals surface area contributed by atoms with Gasteiger partial charge in [-0.1, -0.05) is 12.8 Å². The molecule has 0 amide bonds. The lowest BCUT2D eigenvalue weighted by Gasteiger charge is -2.37. The predicted molar refractivity (Wildman–Crippen MR) is 78.2 cm³/mol. The average Bonchev–Trinajstić information content (AvgIpc) is 2.74. The number of halogens is 2. The molecule has 5 heteroatoms. The van der Waals surface area contributed by atoms with E-state index in [0.29, 0.717) is 13.1 Å². The van der Waals surface area contributed by atoms with E-state index < -0.39 is 6.43 Å². The normalized spacial score (nSPS) is 19.2. The highest BCUT2D eigenvalue weighted by Gasteiger charge is 2.36. The van der Waals surface area contributed by atoms with E-state index in [2.05, 4.69) is 26.1 Å². The summed E-state index contributed by atoms with van der Waals surface area (Å²) in [6.45, 7) is 7.93. The molecule has 0 aliphatic heterocycles. The van der Waals surface area contributed by atoms with Gasteiger partial charge in [0.25, 0.3) is 6.43 Å². The van der Waals surface area contributed by atoms with Gasteiger partial charge in [0.2, 0.25) is 0 Å². The van der Waals surface area contributed by atoms with E-state index in [9.17, 15) is 8.78 Å². The van der Waals surface area contributed by atoms with Gasteiger partial charge < -0.3 is 10.4 Å². The Kier molecular flexibility index (Phi) is 6.82. The molecule has 2 N–H and O–H groups in total. The van der Waals surface area contributed by atoms with Crippen molar-refractivity contribution < 1.29 is 13.9 Å². The second-order valence-electron chi connectivity index (χ2n) is 7.16. The highest BCUT2D eigenvalue weighted by atomic mass is 19.3. The van der Waals surface area contributed by atoms with Crippen molar-refractivity contribution in [2.45, 2.75) is 58.4 Å². The van der Waals surface area contributed by atoms with Crippen molar-refractivity contribution in [1.29, 1.82) is 0 Å². The van der Waals surface area contributed by atoms with Gasteiger partial charge in [-0.2, -0.15) is 0 Å². The molecule has 0 aromatic carbocycles. The first-order valence-electron chi connectivity index (χ1n) is 7.63. The Morgan fingerprint density at radius 2 is 1.85 bits per heavy atom. The van der Waals surface area contributed by atoms with E-state index in [0.717, 1.165) is 19.4 Å². The largest absolute Gasteiger partial charge is 0.395 e. The van der Waals surface area contributed by atoms with Gasteiger partial charge in [-0.05, 0) is 39.0 Å². The molecule has 20 heavy (non-hydrogen) atoms. The molecule has 0 heterocycles. The van der Waals surface area contributed by atoms with Crippen LogP contribution in [0.2, 0.25) is 0 Å². The second kappa shape index (κ2) is 7.66. The van der Waals surface area contributed by atoms with Crippen LogP contribution in [-0.2, 0) is 0 Å². The monoisotopic (exact) mass is 292 g/mol. The number of hydrogen-bond donors (Lipinski definition) is 2. The SMILES string of the molecule is CC(C)(C)NCC1(CN(CCO)CC(F)F)CCCC1. The van der Waals surface area contributed by atoms with Crippen LogP contribution in [0.5, 0.6) is 0 Å². The summed E-state index contributed by atoms with van der Waals surface area (Å²) < 4.78 is 25.3. The number of hydrogen-bond acceptors (Lipinski definition) is 3. The highest BCUT2D eigenvalue weighted by molar-refractivity contribution is 4.91. The summed E-state index contributed by atoms with van der Waals surface area (Å²) in [4.78, 5) is 1.72. The number of rotatable bonds is 8. The van der Waals surface area contributed by atoms with Crippen molar-refractivity contribution >= 4 is 0 Å². The Bertz CT molecular complexity index is 274. The van der Waals surface area contributed by atoms with Crippen molar-refractivity contribution in [2.75, 3.05) is 32.8 Å². The summed E-state index contributed by atoms with van der Waals surface area (Å²) in [5.74, 6) is 0. The zero-order valence-corrected chi connectivity index (χ0v) is 13.1. The first-order chi connectivity index (χ1) is 9.26. The minimum atomic E-state index is -2.34. The fraction of sp³-hybridized carbons (Fsp3) is 1.00. The van der Waals surface area contributed by atoms with Gasteiger partial charge in [0.15, 0.2) is 0 Å². The summed E-state index contributed by atoms with van der Waals surface area (Å²) in [6, 6.07) is 0. The average molecular weight is 292 g/mol. The van der Waals surface area contributed by atoms with Crippen LogP contribution >= 0.6 is 0 Å². The number of aliphatic hydroxyl groups is 1. The molecule has 1 fully saturated rings. The fourth-order valence-corrected chi connectivity index (χ4v) is 3.01. The van der Waals surface area contributed by atoms with E-state index in [4.69, 9.17) is 5.11 Å². The molecule has 0 aromatic rings. The molecule has 1 saturated carbocycles. The summed E-state index contributed by atoms with van der Waals surface area (Å²) in [6.07, 6.45) is 2.18. The molecule has 0 radical (unpaired) electrons. The first kappa shape index (κ1) is 17.8. The number of nitrogens with one attached hydrogen (secondary N) is 1. The Morgan fingerprint density at radius 1 is 1.25 bits per heavy atom. The molecule has 0 bridgehead atoms. The number of nitrogens with zero attached hydrogens (tertiary/aromatic N) is 1. The van der Waals surface area contributed by atoms with Crippen molar-refractivity contribution in [3.63, 3.8) is 0 Å². The van der Waals surface area contributed by atoms with Gasteiger partial charge in [-0.25, -0.2) is 8.78 Å². The van der Waals surface area contributed by atoms with E-state index in [-0.39, 0.29) is 24.1 Å². The lowest BCUT2D eigenvalue weighted by Crippen LogP contribution is -2.49. The lowest BCUT2D eigenvalue weighted by molar-refractivity contribution is 0.0496. The zero-order valence-electron chi connectivity index (χ0n) is 13.1. The van der Waals surface area contributed by atoms with E-state index in [1.807, 2.05) is 0 Å². The standard InChI is InChI=1S/C15H30F2N2O/c1-14(2,3)18-11-15(6-4-5-7-15)12-19(8-9-20)10-13(16)17/h13,18,20H,4-12H2,1-3H3. The molecule has 1 aliphatic rings. The molecule has 0 unspecified atom stereocenters. The molecule has 3 nitrogen and oxygen atoms in total. The van der Waals surface area contributed by atoms with Crippen LogP contribution < -0.4 is 5.32 Å². The first-order valence-corrected chi connectivity index (χ1v) is 7.63. The Labute approximate surface area is 121 Å². The third kappa shape index (κ3) is 6.46. The van der Waals surface area contributed by atoms with Crippen LogP contribution in [0, 0.1) is 5.41 Å². The van der Waals surface area contributed by atoms with Crippen LogP contribution in [0.15, 0.2) is 0 Å². The maximum atomic E-state index is 12.6. The van der Waals surface area contributed by atoms with Crippen molar-refractivity contribution in [2.24, 2.45) is 5.41 Å². The van der Waals surface area contributed by atoms with Gasteiger partial charge in [0, 0.05) is 25.2 Å². The molecule has 0 atom stereocenters. The zero-order chi connectivity index (χ0) is 15.2. The van der Waals surface area contributed by atoms with E-state index >= 15 is 0 Å². The Balaban J connectivity index is 2.63. The van der Waals surface area contributed by atoms with Crippen LogP contribution in [0.25, 0.3) is 0 Å². The third-order valence-corrected chi connectivity index (χ3v) is 4.03. The van der Waals surface area contributed by atoms with Crippen LogP contribution in [0.3, 0.4) is 0 Å². The third-order valence-electron chi connectivity index (χ3n) is 4.03. The Hall–Kier alpha value is -0.260. The minimum Gasteiger partial charge on any atom is -0.395 e. The molecular formula is C15H30F2N2O. The second-order valence-corrected chi connectivity index (χ2v) is 7.16. The molecule has 0 saturated heterocycles. The predicted octanol–water partition coefficient (Wildman–Crippen LogP) is 2.49. The number of alkyl halides is 2. The summed E-state index contributed by atoms with van der Waals surface area (Å²) >= 11 is 0. The van der Waals surface area contributed by atoms with Crippen molar-refractivity contribution in [3.05, 3.63) is 0 Å². The highest BCUT2D eigenvalue weighted by Crippen LogP contribution is 2.38. The minimum absolute atomic E-state index is 0.0418. The van der Waals surface area contributed by atoms with Crippen molar-refractivity contribution in [3.8, 4) is 0 Å². The Morgan fingerprint density at radius 3 is 2.30 bits per heavy atom. The van der Waals surface area contributed by atoms with E-state index in [1.54, 1.807) is 4.90 Å². The van der Waals surface area contributed by atoms with Gasteiger partial charge in [-0.15, -0.1) is 0 Å². The molecule has 0 aromatic heterocycles. The molecule has 1 rings (SSSR count). The quantitative estimate of drug-likeness (QED) is 0.721. The number of aliphatic hydroxyl groups excluding tert-OH is 1. The summed E-state index contributed by atoms with van der Waals surface area (Å²) in [5, 5.41) is 12.6. The van der Waals surface area contributed by atoms with Gasteiger partial charge in [-0.3, -0.25) is 4.90 Å². The summed E-state index contributed by atoms with van der Waals surface area (Å²) in [7, 11) is 0. The van der Waals surface area contributed by atoms with Crippen molar-refractivity contribution in [1.82, 2.24) is 10.2 Å². The van der Waals surface area contributed by atoms with Gasteiger partial charge in [0.05, 0.1) is 13.2 Å². The van der Waals surface area contributed by atoms with Gasteiger partial charge >= 0.3 is 0 Å². The van der Waals surface area contributed by atoms with Gasteiger partial charge in [0.1, 0.15) is 0 Å². The maximum Gasteiger partial charge on any atom is 0.251 e. The topological polar surface area (TPSA) is 35.5 Å². The van der Waals surface area contributed by atoms with Crippen LogP contribution in [0.1, 0.15) is 46.5 Å². The van der Waals surface area contributed by atoms with E-state index in [1.165, 1.54) is 12.8 Å². The van der Waals surface area contributed by atoms with Crippen LogP contribution in [-0.4, -0.2) is 54.8 Å².